The first kappa shape index (κ1) is 16.4. The number of carbonyl (C=O) groups is 2. The van der Waals surface area contributed by atoms with Crippen molar-refractivity contribution >= 4 is 18.0 Å². The number of halogens is 1. The van der Waals surface area contributed by atoms with E-state index >= 15 is 0 Å². The van der Waals surface area contributed by atoms with Crippen molar-refractivity contribution in [1.29, 1.82) is 0 Å². The summed E-state index contributed by atoms with van der Waals surface area (Å²) in [6, 6.07) is 4.61. The summed E-state index contributed by atoms with van der Waals surface area (Å²) >= 11 is 0. The quantitative estimate of drug-likeness (QED) is 0.794. The zero-order chi connectivity index (χ0) is 16.8. The molecule has 0 saturated heterocycles. The zero-order valence-corrected chi connectivity index (χ0v) is 12.4. The van der Waals surface area contributed by atoms with Crippen molar-refractivity contribution in [2.45, 2.75) is 12.5 Å². The molecule has 120 valence electrons. The smallest absolute Gasteiger partial charge is 0.326 e. The number of aromatic amines is 1. The van der Waals surface area contributed by atoms with Crippen LogP contribution in [-0.2, 0) is 16.0 Å². The molecule has 2 rings (SSSR count). The van der Waals surface area contributed by atoms with Crippen LogP contribution >= 0.6 is 0 Å². The molecule has 0 aliphatic heterocycles. The predicted molar refractivity (Wildman–Crippen MR) is 81.9 cm³/mol. The fourth-order valence-electron chi connectivity index (χ4n) is 2.01. The zero-order valence-electron chi connectivity index (χ0n) is 12.4. The molecule has 1 atom stereocenters. The minimum atomic E-state index is -1.11. The molecule has 0 bridgehead atoms. The number of carboxylic acids is 1. The number of likely N-dealkylation sites (N-methyl/N-ethyl adjacent to an activating group) is 1. The maximum atomic E-state index is 12.8. The average Bonchev–Trinajstić information content (AvgIpc) is 3.04. The molecule has 0 unspecified atom stereocenters. The highest BCUT2D eigenvalue weighted by Crippen LogP contribution is 2.09. The van der Waals surface area contributed by atoms with Crippen molar-refractivity contribution < 1.29 is 19.1 Å². The first-order valence-corrected chi connectivity index (χ1v) is 6.88. The lowest BCUT2D eigenvalue weighted by Crippen LogP contribution is -2.43. The van der Waals surface area contributed by atoms with E-state index in [2.05, 4.69) is 9.97 Å². The molecule has 0 radical (unpaired) electrons. The second kappa shape index (κ2) is 7.35. The Bertz CT molecular complexity index is 696. The number of hydrogen-bond acceptors (Lipinski definition) is 3. The number of carboxylic acid groups (broad SMARTS) is 1. The molecule has 1 amide bonds. The number of carbonyl (C=O) groups excluding carboxylic acids is 1. The average molecular weight is 317 g/mol. The lowest BCUT2D eigenvalue weighted by molar-refractivity contribution is -0.147. The van der Waals surface area contributed by atoms with Gasteiger partial charge in [-0.15, -0.1) is 0 Å². The molecule has 0 spiro atoms. The fraction of sp³-hybridized carbons (Fsp3) is 0.188. The van der Waals surface area contributed by atoms with Gasteiger partial charge in [-0.25, -0.2) is 14.2 Å². The van der Waals surface area contributed by atoms with Gasteiger partial charge in [0.1, 0.15) is 11.9 Å². The van der Waals surface area contributed by atoms with E-state index in [1.807, 2.05) is 0 Å². The molecular weight excluding hydrogens is 301 g/mol. The number of rotatable bonds is 6. The van der Waals surface area contributed by atoms with Crippen molar-refractivity contribution in [3.8, 4) is 0 Å². The van der Waals surface area contributed by atoms with Crippen molar-refractivity contribution in [1.82, 2.24) is 14.9 Å². The van der Waals surface area contributed by atoms with E-state index in [0.29, 0.717) is 11.3 Å². The van der Waals surface area contributed by atoms with Crippen LogP contribution in [0.4, 0.5) is 4.39 Å². The van der Waals surface area contributed by atoms with Crippen molar-refractivity contribution in [2.24, 2.45) is 0 Å². The molecule has 0 fully saturated rings. The summed E-state index contributed by atoms with van der Waals surface area (Å²) < 4.78 is 12.8. The SMILES string of the molecule is CN(C(=O)C=Cc1ccc(F)cc1)[C@@H](Cc1cnc[nH]1)C(=O)O. The van der Waals surface area contributed by atoms with E-state index in [-0.39, 0.29) is 12.2 Å². The Labute approximate surface area is 132 Å². The second-order valence-electron chi connectivity index (χ2n) is 4.97. The summed E-state index contributed by atoms with van der Waals surface area (Å²) in [5, 5.41) is 9.31. The van der Waals surface area contributed by atoms with Gasteiger partial charge in [0.15, 0.2) is 0 Å². The monoisotopic (exact) mass is 317 g/mol. The Hall–Kier alpha value is -2.96. The van der Waals surface area contributed by atoms with E-state index in [1.165, 1.54) is 56.0 Å². The number of aromatic nitrogens is 2. The number of amides is 1. The highest BCUT2D eigenvalue weighted by atomic mass is 19.1. The maximum Gasteiger partial charge on any atom is 0.326 e. The van der Waals surface area contributed by atoms with Crippen LogP contribution < -0.4 is 0 Å². The van der Waals surface area contributed by atoms with Crippen molar-refractivity contribution in [3.63, 3.8) is 0 Å². The van der Waals surface area contributed by atoms with Crippen LogP contribution in [0, 0.1) is 5.82 Å². The van der Waals surface area contributed by atoms with E-state index in [0.717, 1.165) is 4.90 Å². The predicted octanol–water partition coefficient (Wildman–Crippen LogP) is 1.72. The third kappa shape index (κ3) is 4.50. The number of nitrogens with zero attached hydrogens (tertiary/aromatic N) is 2. The third-order valence-corrected chi connectivity index (χ3v) is 3.36. The van der Waals surface area contributed by atoms with Crippen LogP contribution in [0.5, 0.6) is 0 Å². The first-order chi connectivity index (χ1) is 11.0. The highest BCUT2D eigenvalue weighted by Gasteiger charge is 2.26. The second-order valence-corrected chi connectivity index (χ2v) is 4.97. The number of benzene rings is 1. The first-order valence-electron chi connectivity index (χ1n) is 6.88. The fourth-order valence-corrected chi connectivity index (χ4v) is 2.01. The van der Waals surface area contributed by atoms with Gasteiger partial charge in [0.25, 0.3) is 0 Å². The largest absolute Gasteiger partial charge is 0.480 e. The van der Waals surface area contributed by atoms with Gasteiger partial charge < -0.3 is 15.0 Å². The van der Waals surface area contributed by atoms with Gasteiger partial charge in [0.05, 0.1) is 6.33 Å². The van der Waals surface area contributed by atoms with Gasteiger partial charge in [-0.2, -0.15) is 0 Å². The van der Waals surface area contributed by atoms with Gasteiger partial charge in [-0.3, -0.25) is 4.79 Å². The minimum Gasteiger partial charge on any atom is -0.480 e. The molecular formula is C16H16FN3O3. The Kier molecular flexibility index (Phi) is 5.24. The van der Waals surface area contributed by atoms with Gasteiger partial charge >= 0.3 is 5.97 Å². The maximum absolute atomic E-state index is 12.8. The van der Waals surface area contributed by atoms with E-state index in [9.17, 15) is 19.1 Å². The summed E-state index contributed by atoms with van der Waals surface area (Å²) in [6.45, 7) is 0. The third-order valence-electron chi connectivity index (χ3n) is 3.36. The normalized spacial score (nSPS) is 12.3. The Morgan fingerprint density at radius 1 is 1.39 bits per heavy atom. The molecule has 2 N–H and O–H groups in total. The van der Waals surface area contributed by atoms with Crippen LogP contribution in [-0.4, -0.2) is 44.9 Å². The molecule has 23 heavy (non-hydrogen) atoms. The van der Waals surface area contributed by atoms with Crippen LogP contribution in [0.3, 0.4) is 0 Å². The minimum absolute atomic E-state index is 0.127. The molecule has 0 saturated carbocycles. The lowest BCUT2D eigenvalue weighted by Gasteiger charge is -2.23. The van der Waals surface area contributed by atoms with E-state index in [4.69, 9.17) is 0 Å². The molecule has 1 aromatic carbocycles. The molecule has 1 heterocycles. The van der Waals surface area contributed by atoms with Crippen molar-refractivity contribution in [3.05, 3.63) is 59.9 Å². The Morgan fingerprint density at radius 2 is 2.09 bits per heavy atom. The molecule has 0 aliphatic rings. The van der Waals surface area contributed by atoms with E-state index in [1.54, 1.807) is 0 Å². The molecule has 2 aromatic rings. The Balaban J connectivity index is 2.06. The lowest BCUT2D eigenvalue weighted by atomic mass is 10.1. The number of aliphatic carboxylic acids is 1. The number of hydrogen-bond donors (Lipinski definition) is 2. The van der Waals surface area contributed by atoms with Gasteiger partial charge in [-0.05, 0) is 23.8 Å². The molecule has 0 aliphatic carbocycles. The topological polar surface area (TPSA) is 86.3 Å². The number of H-pyrrole nitrogens is 1. The Morgan fingerprint density at radius 3 is 2.65 bits per heavy atom. The highest BCUT2D eigenvalue weighted by molar-refractivity contribution is 5.94. The number of imidazole rings is 1. The summed E-state index contributed by atoms with van der Waals surface area (Å²) in [5.74, 6) is -1.93. The van der Waals surface area contributed by atoms with Crippen LogP contribution in [0.15, 0.2) is 42.9 Å². The summed E-state index contributed by atoms with van der Waals surface area (Å²) in [6.07, 6.45) is 5.86. The summed E-state index contributed by atoms with van der Waals surface area (Å²) in [4.78, 5) is 31.3. The van der Waals surface area contributed by atoms with Gasteiger partial charge in [0.2, 0.25) is 5.91 Å². The molecule has 1 aromatic heterocycles. The van der Waals surface area contributed by atoms with E-state index < -0.39 is 17.9 Å². The van der Waals surface area contributed by atoms with Gasteiger partial charge in [0, 0.05) is 31.4 Å². The van der Waals surface area contributed by atoms with Crippen LogP contribution in [0.25, 0.3) is 6.08 Å². The molecule has 7 heteroatoms. The molecule has 6 nitrogen and oxygen atoms in total. The van der Waals surface area contributed by atoms with Crippen LogP contribution in [0.1, 0.15) is 11.3 Å². The number of nitrogens with one attached hydrogen (secondary N) is 1. The standard InChI is InChI=1S/C16H16FN3O3/c1-20(14(16(22)23)8-13-9-18-10-19-13)15(21)7-4-11-2-5-12(17)6-3-11/h2-7,9-10,14H,8H2,1H3,(H,18,19)(H,22,23)/t14-/m0/s1. The summed E-state index contributed by atoms with van der Waals surface area (Å²) in [5.41, 5.74) is 1.27. The summed E-state index contributed by atoms with van der Waals surface area (Å²) in [7, 11) is 1.42. The van der Waals surface area contributed by atoms with Gasteiger partial charge in [-0.1, -0.05) is 12.1 Å². The van der Waals surface area contributed by atoms with Crippen molar-refractivity contribution in [2.75, 3.05) is 7.05 Å². The van der Waals surface area contributed by atoms with Crippen LogP contribution in [0.2, 0.25) is 0 Å².